The number of carboxylic acid groups (broad SMARTS) is 1. The van der Waals surface area contributed by atoms with E-state index in [0.29, 0.717) is 23.0 Å². The van der Waals surface area contributed by atoms with Gasteiger partial charge >= 0.3 is 5.97 Å². The molecule has 2 aromatic carbocycles. The van der Waals surface area contributed by atoms with Crippen LogP contribution >= 0.6 is 0 Å². The Morgan fingerprint density at radius 2 is 1.98 bits per heavy atom. The first-order valence-electron chi connectivity index (χ1n) is 14.2. The van der Waals surface area contributed by atoms with Gasteiger partial charge in [0.25, 0.3) is 5.79 Å². The van der Waals surface area contributed by atoms with Crippen molar-refractivity contribution in [2.24, 2.45) is 5.92 Å². The molecule has 0 bridgehead atoms. The van der Waals surface area contributed by atoms with Gasteiger partial charge in [-0.1, -0.05) is 31.0 Å². The van der Waals surface area contributed by atoms with Crippen LogP contribution < -0.4 is 9.47 Å². The number of rotatable bonds is 9. The van der Waals surface area contributed by atoms with Gasteiger partial charge in [-0.25, -0.2) is 14.2 Å². The molecule has 0 radical (unpaired) electrons. The highest BCUT2D eigenvalue weighted by molar-refractivity contribution is 5.84. The van der Waals surface area contributed by atoms with Gasteiger partial charge in [-0.15, -0.1) is 0 Å². The molecular weight excluding hydrogens is 509 g/mol. The van der Waals surface area contributed by atoms with Crippen molar-refractivity contribution in [1.29, 1.82) is 0 Å². The summed E-state index contributed by atoms with van der Waals surface area (Å²) >= 11 is 0. The van der Waals surface area contributed by atoms with Gasteiger partial charge in [0.1, 0.15) is 11.6 Å². The van der Waals surface area contributed by atoms with E-state index in [1.54, 1.807) is 25.3 Å². The second-order valence-electron chi connectivity index (χ2n) is 11.5. The average molecular weight is 546 g/mol. The molecule has 1 N–H and O–H groups in total. The van der Waals surface area contributed by atoms with Crippen LogP contribution in [0.5, 0.6) is 11.5 Å². The van der Waals surface area contributed by atoms with Crippen molar-refractivity contribution in [2.45, 2.75) is 70.7 Å². The third-order valence-corrected chi connectivity index (χ3v) is 8.44. The molecule has 8 heteroatoms. The lowest BCUT2D eigenvalue weighted by Crippen LogP contribution is -2.34. The quantitative estimate of drug-likeness (QED) is 0.320. The molecule has 40 heavy (non-hydrogen) atoms. The first-order chi connectivity index (χ1) is 19.3. The smallest absolute Gasteiger partial charge is 0.328 e. The van der Waals surface area contributed by atoms with Crippen LogP contribution in [0.1, 0.15) is 73.2 Å². The number of para-hydroxylation sites is 1. The highest BCUT2D eigenvalue weighted by Crippen LogP contribution is 2.49. The molecule has 2 fully saturated rings. The molecule has 1 saturated heterocycles. The molecule has 1 saturated carbocycles. The number of aliphatic carboxylic acids is 1. The highest BCUT2D eigenvalue weighted by atomic mass is 19.1. The summed E-state index contributed by atoms with van der Waals surface area (Å²) in [5.41, 5.74) is 3.20. The first-order valence-corrected chi connectivity index (χ1v) is 14.2. The van der Waals surface area contributed by atoms with Crippen LogP contribution in [-0.2, 0) is 23.7 Å². The lowest BCUT2D eigenvalue weighted by Gasteiger charge is -2.32. The van der Waals surface area contributed by atoms with E-state index >= 15 is 0 Å². The number of aryl methyl sites for hydroxylation is 1. The Hall–Kier alpha value is -3.65. The molecule has 2 aliphatic heterocycles. The number of piperidine rings is 1. The molecule has 6 rings (SSSR count). The molecule has 1 unspecified atom stereocenters. The third kappa shape index (κ3) is 5.50. The Morgan fingerprint density at radius 1 is 1.18 bits per heavy atom. The normalized spacial score (nSPS) is 21.4. The van der Waals surface area contributed by atoms with E-state index in [9.17, 15) is 9.18 Å². The summed E-state index contributed by atoms with van der Waals surface area (Å²) in [7, 11) is 0. The van der Waals surface area contributed by atoms with Crippen molar-refractivity contribution in [3.63, 3.8) is 0 Å². The summed E-state index contributed by atoms with van der Waals surface area (Å²) in [6.07, 6.45) is 10.2. The van der Waals surface area contributed by atoms with Crippen molar-refractivity contribution >= 4 is 12.0 Å². The van der Waals surface area contributed by atoms with Crippen LogP contribution in [0.3, 0.4) is 0 Å². The SMILES string of the molecule is Cc1ccc(C2(C)Oc3cccc(C4CCN(Cc5ncc(/C=C/C(=O)O)n5CCC5CC5)CC4)c3O2)c(F)c1. The van der Waals surface area contributed by atoms with Crippen LogP contribution in [0.15, 0.2) is 48.7 Å². The number of ether oxygens (including phenoxy) is 2. The molecule has 0 spiro atoms. The largest absolute Gasteiger partial charge is 0.478 e. The summed E-state index contributed by atoms with van der Waals surface area (Å²) in [5.74, 6) is 0.954. The number of hydrogen-bond donors (Lipinski definition) is 1. The van der Waals surface area contributed by atoms with E-state index < -0.39 is 11.8 Å². The summed E-state index contributed by atoms with van der Waals surface area (Å²) in [6, 6.07) is 11.1. The van der Waals surface area contributed by atoms with Gasteiger partial charge in [0, 0.05) is 25.1 Å². The average Bonchev–Trinajstić information content (AvgIpc) is 3.57. The van der Waals surface area contributed by atoms with Crippen LogP contribution in [0.4, 0.5) is 4.39 Å². The Balaban J connectivity index is 1.13. The predicted octanol–water partition coefficient (Wildman–Crippen LogP) is 6.25. The summed E-state index contributed by atoms with van der Waals surface area (Å²) in [5, 5.41) is 9.09. The van der Waals surface area contributed by atoms with Crippen molar-refractivity contribution in [1.82, 2.24) is 14.5 Å². The van der Waals surface area contributed by atoms with Gasteiger partial charge in [-0.3, -0.25) is 4.90 Å². The van der Waals surface area contributed by atoms with Crippen LogP contribution in [0.2, 0.25) is 0 Å². The van der Waals surface area contributed by atoms with Crippen molar-refractivity contribution < 1.29 is 23.8 Å². The molecule has 3 aromatic rings. The number of imidazole rings is 1. The van der Waals surface area contributed by atoms with E-state index in [1.807, 2.05) is 25.1 Å². The minimum atomic E-state index is -1.21. The number of carbonyl (C=O) groups is 1. The van der Waals surface area contributed by atoms with E-state index in [0.717, 1.165) is 74.0 Å². The second-order valence-corrected chi connectivity index (χ2v) is 11.5. The zero-order chi connectivity index (χ0) is 27.9. The fourth-order valence-corrected chi connectivity index (χ4v) is 5.99. The number of nitrogens with zero attached hydrogens (tertiary/aromatic N) is 3. The van der Waals surface area contributed by atoms with Gasteiger partial charge in [-0.2, -0.15) is 0 Å². The molecule has 1 aromatic heterocycles. The fraction of sp³-hybridized carbons (Fsp3) is 0.438. The number of fused-ring (bicyclic) bond motifs is 1. The number of hydrogen-bond acceptors (Lipinski definition) is 5. The van der Waals surface area contributed by atoms with E-state index in [4.69, 9.17) is 14.6 Å². The van der Waals surface area contributed by atoms with Crippen LogP contribution in [-0.4, -0.2) is 38.6 Å². The monoisotopic (exact) mass is 545 g/mol. The van der Waals surface area contributed by atoms with Crippen molar-refractivity contribution in [3.05, 3.63) is 82.7 Å². The van der Waals surface area contributed by atoms with Crippen LogP contribution in [0, 0.1) is 18.7 Å². The predicted molar refractivity (Wildman–Crippen MR) is 150 cm³/mol. The Labute approximate surface area is 234 Å². The first kappa shape index (κ1) is 26.6. The maximum absolute atomic E-state index is 14.8. The molecule has 7 nitrogen and oxygen atoms in total. The molecule has 210 valence electrons. The summed E-state index contributed by atoms with van der Waals surface area (Å²) in [4.78, 5) is 18.2. The standard InChI is InChI=1S/C32H36FN3O4/c1-21-6-10-26(27(33)18-21)32(2)39-28-5-3-4-25(31(28)40-32)23-13-15-35(16-14-23)20-29-34-19-24(9-11-30(37)38)36(29)17-12-22-7-8-22/h3-6,9-11,18-19,22-23H,7-8,12-17,20H2,1-2H3,(H,37,38)/b11-9+. The van der Waals surface area contributed by atoms with Gasteiger partial charge in [-0.05, 0) is 81.0 Å². The molecule has 1 atom stereocenters. The lowest BCUT2D eigenvalue weighted by molar-refractivity contribution is -0.131. The minimum absolute atomic E-state index is 0.309. The molecule has 1 aliphatic carbocycles. The van der Waals surface area contributed by atoms with E-state index in [-0.39, 0.29) is 5.82 Å². The molecule has 3 aliphatic rings. The number of likely N-dealkylation sites (tertiary alicyclic amines) is 1. The zero-order valence-electron chi connectivity index (χ0n) is 23.1. The van der Waals surface area contributed by atoms with Gasteiger partial charge < -0.3 is 19.1 Å². The Kier molecular flexibility index (Phi) is 7.13. The Morgan fingerprint density at radius 3 is 2.70 bits per heavy atom. The van der Waals surface area contributed by atoms with Crippen molar-refractivity contribution in [3.8, 4) is 11.5 Å². The second kappa shape index (κ2) is 10.7. The summed E-state index contributed by atoms with van der Waals surface area (Å²) < 4.78 is 29.6. The molecule has 0 amide bonds. The molecule has 3 heterocycles. The van der Waals surface area contributed by atoms with E-state index in [2.05, 4.69) is 20.5 Å². The maximum Gasteiger partial charge on any atom is 0.328 e. The Bertz CT molecular complexity index is 1440. The van der Waals surface area contributed by atoms with Gasteiger partial charge in [0.05, 0.1) is 24.0 Å². The third-order valence-electron chi connectivity index (χ3n) is 8.44. The molecular formula is C32H36FN3O4. The lowest BCUT2D eigenvalue weighted by atomic mass is 9.88. The fourth-order valence-electron chi connectivity index (χ4n) is 5.99. The number of carboxylic acids is 1. The number of aromatic nitrogens is 2. The minimum Gasteiger partial charge on any atom is -0.478 e. The number of benzene rings is 2. The highest BCUT2D eigenvalue weighted by Gasteiger charge is 2.42. The van der Waals surface area contributed by atoms with Gasteiger partial charge in [0.2, 0.25) is 0 Å². The summed E-state index contributed by atoms with van der Waals surface area (Å²) in [6.45, 7) is 7.06. The number of halogens is 1. The van der Waals surface area contributed by atoms with Crippen molar-refractivity contribution in [2.75, 3.05) is 13.1 Å². The maximum atomic E-state index is 14.8. The zero-order valence-corrected chi connectivity index (χ0v) is 23.1. The topological polar surface area (TPSA) is 76.8 Å². The van der Waals surface area contributed by atoms with Crippen LogP contribution in [0.25, 0.3) is 6.08 Å². The van der Waals surface area contributed by atoms with E-state index in [1.165, 1.54) is 25.0 Å². The van der Waals surface area contributed by atoms with Gasteiger partial charge in [0.15, 0.2) is 11.5 Å².